The maximum absolute atomic E-state index is 13.3. The van der Waals surface area contributed by atoms with Crippen molar-refractivity contribution in [1.82, 2.24) is 9.88 Å². The lowest BCUT2D eigenvalue weighted by molar-refractivity contribution is 0.0780. The Balaban J connectivity index is 1.53. The maximum Gasteiger partial charge on any atom is 0.270 e. The van der Waals surface area contributed by atoms with Crippen LogP contribution < -0.4 is 9.47 Å². The molecular weight excluding hydrogens is 323 g/mol. The zero-order valence-electron chi connectivity index (χ0n) is 13.7. The summed E-state index contributed by atoms with van der Waals surface area (Å²) in [5, 5.41) is 0.677. The smallest absolute Gasteiger partial charge is 0.270 e. The van der Waals surface area contributed by atoms with Gasteiger partial charge in [-0.25, -0.2) is 4.39 Å². The predicted octanol–water partition coefficient (Wildman–Crippen LogP) is 3.35. The van der Waals surface area contributed by atoms with E-state index in [1.165, 1.54) is 12.1 Å². The summed E-state index contributed by atoms with van der Waals surface area (Å²) < 4.78 is 24.4. The number of amides is 1. The fourth-order valence-corrected chi connectivity index (χ4v) is 2.96. The predicted molar refractivity (Wildman–Crippen MR) is 91.5 cm³/mol. The molecule has 1 aliphatic heterocycles. The van der Waals surface area contributed by atoms with E-state index in [4.69, 9.17) is 9.47 Å². The van der Waals surface area contributed by atoms with E-state index >= 15 is 0 Å². The number of H-pyrrole nitrogens is 1. The Morgan fingerprint density at radius 3 is 2.76 bits per heavy atom. The van der Waals surface area contributed by atoms with Crippen LogP contribution in [0, 0.1) is 5.82 Å². The molecule has 1 aliphatic rings. The Hall–Kier alpha value is -3.02. The molecule has 1 amide bonds. The average molecular weight is 340 g/mol. The second kappa shape index (κ2) is 6.12. The maximum atomic E-state index is 13.3. The molecule has 128 valence electrons. The first-order valence-electron chi connectivity index (χ1n) is 8.02. The van der Waals surface area contributed by atoms with Gasteiger partial charge in [-0.05, 0) is 42.0 Å². The van der Waals surface area contributed by atoms with E-state index in [1.807, 2.05) is 18.2 Å². The Morgan fingerprint density at radius 2 is 1.92 bits per heavy atom. The number of rotatable bonds is 3. The van der Waals surface area contributed by atoms with E-state index in [9.17, 15) is 9.18 Å². The van der Waals surface area contributed by atoms with E-state index in [0.717, 1.165) is 16.8 Å². The highest BCUT2D eigenvalue weighted by Crippen LogP contribution is 2.31. The molecular formula is C19H17FN2O3. The van der Waals surface area contributed by atoms with Crippen molar-refractivity contribution in [2.45, 2.75) is 6.54 Å². The summed E-state index contributed by atoms with van der Waals surface area (Å²) in [4.78, 5) is 17.3. The minimum absolute atomic E-state index is 0.161. The number of benzene rings is 2. The van der Waals surface area contributed by atoms with Gasteiger partial charge in [0.05, 0.1) is 0 Å². The molecule has 1 N–H and O–H groups in total. The highest BCUT2D eigenvalue weighted by molar-refractivity contribution is 5.97. The number of carbonyl (C=O) groups excluding carboxylic acids is 1. The van der Waals surface area contributed by atoms with Gasteiger partial charge in [0.15, 0.2) is 11.5 Å². The van der Waals surface area contributed by atoms with Gasteiger partial charge < -0.3 is 19.4 Å². The number of fused-ring (bicyclic) bond motifs is 2. The highest BCUT2D eigenvalue weighted by Gasteiger charge is 2.17. The van der Waals surface area contributed by atoms with Crippen molar-refractivity contribution in [3.63, 3.8) is 0 Å². The van der Waals surface area contributed by atoms with Crippen LogP contribution in [0.15, 0.2) is 42.5 Å². The van der Waals surface area contributed by atoms with Crippen LogP contribution in [-0.2, 0) is 6.54 Å². The fraction of sp³-hybridized carbons (Fsp3) is 0.211. The van der Waals surface area contributed by atoms with Gasteiger partial charge in [0, 0.05) is 24.5 Å². The van der Waals surface area contributed by atoms with Crippen molar-refractivity contribution in [2.24, 2.45) is 0 Å². The summed E-state index contributed by atoms with van der Waals surface area (Å²) in [6, 6.07) is 11.7. The van der Waals surface area contributed by atoms with Crippen molar-refractivity contribution in [2.75, 3.05) is 20.3 Å². The molecule has 0 bridgehead atoms. The van der Waals surface area contributed by atoms with Crippen molar-refractivity contribution in [3.05, 3.63) is 59.5 Å². The average Bonchev–Trinajstić information content (AvgIpc) is 3.04. The number of aromatic nitrogens is 1. The summed E-state index contributed by atoms with van der Waals surface area (Å²) in [5.41, 5.74) is 2.11. The molecule has 0 fully saturated rings. The van der Waals surface area contributed by atoms with Gasteiger partial charge in [-0.15, -0.1) is 0 Å². The number of ether oxygens (including phenoxy) is 2. The Morgan fingerprint density at radius 1 is 1.12 bits per heavy atom. The minimum Gasteiger partial charge on any atom is -0.486 e. The molecule has 0 saturated heterocycles. The van der Waals surface area contributed by atoms with Crippen molar-refractivity contribution >= 4 is 16.8 Å². The lowest BCUT2D eigenvalue weighted by atomic mass is 10.1. The summed E-state index contributed by atoms with van der Waals surface area (Å²) in [5.74, 6) is 0.939. The summed E-state index contributed by atoms with van der Waals surface area (Å²) in [6.07, 6.45) is 0. The molecule has 6 heteroatoms. The van der Waals surface area contributed by atoms with Crippen molar-refractivity contribution < 1.29 is 18.7 Å². The molecule has 0 radical (unpaired) electrons. The Labute approximate surface area is 144 Å². The SMILES string of the molecule is CN(Cc1ccc2c(c1)OCCO2)C(=O)c1cc2cc(F)ccc2[nH]1. The minimum atomic E-state index is -0.324. The zero-order chi connectivity index (χ0) is 17.4. The van der Waals surface area contributed by atoms with Gasteiger partial charge in [-0.3, -0.25) is 4.79 Å². The molecule has 3 aromatic rings. The van der Waals surface area contributed by atoms with E-state index in [1.54, 1.807) is 24.1 Å². The van der Waals surface area contributed by atoms with Crippen LogP contribution in [0.5, 0.6) is 11.5 Å². The molecule has 0 atom stereocenters. The number of hydrogen-bond donors (Lipinski definition) is 1. The van der Waals surface area contributed by atoms with Crippen LogP contribution in [0.1, 0.15) is 16.1 Å². The van der Waals surface area contributed by atoms with Gasteiger partial charge in [-0.1, -0.05) is 6.07 Å². The second-order valence-electron chi connectivity index (χ2n) is 6.05. The van der Waals surface area contributed by atoms with Gasteiger partial charge >= 0.3 is 0 Å². The summed E-state index contributed by atoms with van der Waals surface area (Å²) >= 11 is 0. The van der Waals surface area contributed by atoms with Gasteiger partial charge in [0.1, 0.15) is 24.7 Å². The molecule has 0 aliphatic carbocycles. The quantitative estimate of drug-likeness (QED) is 0.795. The normalized spacial score (nSPS) is 13.0. The fourth-order valence-electron chi connectivity index (χ4n) is 2.96. The molecule has 0 unspecified atom stereocenters. The highest BCUT2D eigenvalue weighted by atomic mass is 19.1. The van der Waals surface area contributed by atoms with Crippen LogP contribution in [-0.4, -0.2) is 36.1 Å². The van der Waals surface area contributed by atoms with E-state index in [2.05, 4.69) is 4.98 Å². The Bertz CT molecular complexity index is 951. The third-order valence-electron chi connectivity index (χ3n) is 4.19. The third kappa shape index (κ3) is 3.03. The lowest BCUT2D eigenvalue weighted by Crippen LogP contribution is -2.26. The van der Waals surface area contributed by atoms with Gasteiger partial charge in [-0.2, -0.15) is 0 Å². The summed E-state index contributed by atoms with van der Waals surface area (Å²) in [6.45, 7) is 1.50. The van der Waals surface area contributed by atoms with E-state index in [-0.39, 0.29) is 11.7 Å². The Kier molecular flexibility index (Phi) is 3.80. The van der Waals surface area contributed by atoms with E-state index < -0.39 is 0 Å². The molecule has 4 rings (SSSR count). The van der Waals surface area contributed by atoms with E-state index in [0.29, 0.717) is 36.6 Å². The largest absolute Gasteiger partial charge is 0.486 e. The third-order valence-corrected chi connectivity index (χ3v) is 4.19. The molecule has 2 heterocycles. The first-order valence-corrected chi connectivity index (χ1v) is 8.02. The number of nitrogens with one attached hydrogen (secondary N) is 1. The molecule has 25 heavy (non-hydrogen) atoms. The first-order chi connectivity index (χ1) is 12.1. The molecule has 2 aromatic carbocycles. The van der Waals surface area contributed by atoms with Crippen LogP contribution in [0.2, 0.25) is 0 Å². The number of nitrogens with zero attached hydrogens (tertiary/aromatic N) is 1. The standard InChI is InChI=1S/C19H17FN2O3/c1-22(11-12-2-5-17-18(8-12)25-7-6-24-17)19(23)16-10-13-9-14(20)3-4-15(13)21-16/h2-5,8-10,21H,6-7,11H2,1H3. The molecule has 0 spiro atoms. The van der Waals surface area contributed by atoms with Crippen LogP contribution in [0.25, 0.3) is 10.9 Å². The monoisotopic (exact) mass is 340 g/mol. The molecule has 0 saturated carbocycles. The summed E-state index contributed by atoms with van der Waals surface area (Å²) in [7, 11) is 1.73. The lowest BCUT2D eigenvalue weighted by Gasteiger charge is -2.21. The molecule has 1 aromatic heterocycles. The second-order valence-corrected chi connectivity index (χ2v) is 6.05. The van der Waals surface area contributed by atoms with Gasteiger partial charge in [0.2, 0.25) is 0 Å². The molecule has 5 nitrogen and oxygen atoms in total. The zero-order valence-corrected chi connectivity index (χ0v) is 13.7. The number of hydrogen-bond acceptors (Lipinski definition) is 3. The van der Waals surface area contributed by atoms with Crippen LogP contribution >= 0.6 is 0 Å². The van der Waals surface area contributed by atoms with Crippen LogP contribution in [0.3, 0.4) is 0 Å². The van der Waals surface area contributed by atoms with Gasteiger partial charge in [0.25, 0.3) is 5.91 Å². The van der Waals surface area contributed by atoms with Crippen LogP contribution in [0.4, 0.5) is 4.39 Å². The number of aromatic amines is 1. The number of carbonyl (C=O) groups is 1. The van der Waals surface area contributed by atoms with Crippen molar-refractivity contribution in [1.29, 1.82) is 0 Å². The van der Waals surface area contributed by atoms with Crippen molar-refractivity contribution in [3.8, 4) is 11.5 Å². The number of halogens is 1. The topological polar surface area (TPSA) is 54.6 Å². The first kappa shape index (κ1) is 15.5.